The molecule has 2 aliphatic rings. The maximum absolute atomic E-state index is 6.43. The Balaban J connectivity index is 1.62. The van der Waals surface area contributed by atoms with Crippen LogP contribution < -0.4 is 11.1 Å². The lowest BCUT2D eigenvalue weighted by Gasteiger charge is -2.34. The van der Waals surface area contributed by atoms with E-state index in [0.717, 1.165) is 12.6 Å². The third-order valence-electron chi connectivity index (χ3n) is 4.51. The Labute approximate surface area is 100 Å². The van der Waals surface area contributed by atoms with Gasteiger partial charge in [-0.15, -0.1) is 0 Å². The molecule has 0 amide bonds. The molecule has 94 valence electrons. The molecule has 2 fully saturated rings. The first kappa shape index (κ1) is 12.4. The second-order valence-corrected chi connectivity index (χ2v) is 5.96. The molecule has 2 saturated carbocycles. The number of hydrogen-bond acceptors (Lipinski definition) is 2. The first-order chi connectivity index (χ1) is 7.79. The molecule has 2 rings (SSSR count). The van der Waals surface area contributed by atoms with E-state index in [1.807, 2.05) is 0 Å². The standard InChI is InChI=1S/C14H28N2/c15-14(9-5-2-6-10-14)11-12-16-13-7-3-1-4-8-13/h13,16H,1-12,15H2. The van der Waals surface area contributed by atoms with E-state index in [4.69, 9.17) is 5.73 Å². The molecular formula is C14H28N2. The van der Waals surface area contributed by atoms with Gasteiger partial charge < -0.3 is 11.1 Å². The van der Waals surface area contributed by atoms with E-state index < -0.39 is 0 Å². The lowest BCUT2D eigenvalue weighted by atomic mass is 9.80. The zero-order chi connectivity index (χ0) is 11.3. The number of nitrogens with one attached hydrogen (secondary N) is 1. The van der Waals surface area contributed by atoms with E-state index >= 15 is 0 Å². The number of rotatable bonds is 4. The smallest absolute Gasteiger partial charge is 0.0166 e. The minimum Gasteiger partial charge on any atom is -0.325 e. The Hall–Kier alpha value is -0.0800. The summed E-state index contributed by atoms with van der Waals surface area (Å²) in [5, 5.41) is 3.71. The molecule has 2 nitrogen and oxygen atoms in total. The summed E-state index contributed by atoms with van der Waals surface area (Å²) >= 11 is 0. The molecular weight excluding hydrogens is 196 g/mol. The Kier molecular flexibility index (Phi) is 4.66. The van der Waals surface area contributed by atoms with Crippen LogP contribution in [0.15, 0.2) is 0 Å². The van der Waals surface area contributed by atoms with Crippen molar-refractivity contribution in [1.29, 1.82) is 0 Å². The van der Waals surface area contributed by atoms with Gasteiger partial charge >= 0.3 is 0 Å². The molecule has 0 unspecified atom stereocenters. The van der Waals surface area contributed by atoms with Crippen molar-refractivity contribution in [3.63, 3.8) is 0 Å². The Morgan fingerprint density at radius 1 is 0.938 bits per heavy atom. The average Bonchev–Trinajstić information content (AvgIpc) is 2.31. The second-order valence-electron chi connectivity index (χ2n) is 5.96. The van der Waals surface area contributed by atoms with Crippen LogP contribution >= 0.6 is 0 Å². The normalized spacial score (nSPS) is 26.8. The van der Waals surface area contributed by atoms with Crippen molar-refractivity contribution >= 4 is 0 Å². The van der Waals surface area contributed by atoms with Crippen LogP contribution in [0.5, 0.6) is 0 Å². The Morgan fingerprint density at radius 2 is 1.56 bits per heavy atom. The van der Waals surface area contributed by atoms with E-state index in [9.17, 15) is 0 Å². The minimum atomic E-state index is 0.167. The van der Waals surface area contributed by atoms with E-state index in [2.05, 4.69) is 5.32 Å². The molecule has 0 bridgehead atoms. The molecule has 0 aromatic rings. The van der Waals surface area contributed by atoms with Crippen LogP contribution in [0.2, 0.25) is 0 Å². The molecule has 0 saturated heterocycles. The predicted molar refractivity (Wildman–Crippen MR) is 69.5 cm³/mol. The zero-order valence-electron chi connectivity index (χ0n) is 10.6. The summed E-state index contributed by atoms with van der Waals surface area (Å²) in [5.74, 6) is 0. The van der Waals surface area contributed by atoms with E-state index in [1.165, 1.54) is 70.6 Å². The van der Waals surface area contributed by atoms with Gasteiger partial charge in [-0.05, 0) is 38.6 Å². The van der Waals surface area contributed by atoms with Gasteiger partial charge in [-0.1, -0.05) is 38.5 Å². The van der Waals surface area contributed by atoms with Gasteiger partial charge in [0.1, 0.15) is 0 Å². The van der Waals surface area contributed by atoms with E-state index in [-0.39, 0.29) is 5.54 Å². The average molecular weight is 224 g/mol. The first-order valence-electron chi connectivity index (χ1n) is 7.31. The summed E-state index contributed by atoms with van der Waals surface area (Å²) in [4.78, 5) is 0. The van der Waals surface area contributed by atoms with Gasteiger partial charge in [0, 0.05) is 11.6 Å². The fourth-order valence-corrected chi connectivity index (χ4v) is 3.34. The highest BCUT2D eigenvalue weighted by Gasteiger charge is 2.26. The van der Waals surface area contributed by atoms with Crippen LogP contribution in [0.3, 0.4) is 0 Å². The van der Waals surface area contributed by atoms with Gasteiger partial charge in [0.05, 0.1) is 0 Å². The van der Waals surface area contributed by atoms with Gasteiger partial charge in [-0.2, -0.15) is 0 Å². The second kappa shape index (κ2) is 6.02. The molecule has 0 atom stereocenters. The van der Waals surface area contributed by atoms with Crippen LogP contribution in [0.1, 0.15) is 70.6 Å². The highest BCUT2D eigenvalue weighted by molar-refractivity contribution is 4.88. The van der Waals surface area contributed by atoms with Crippen molar-refractivity contribution in [1.82, 2.24) is 5.32 Å². The summed E-state index contributed by atoms with van der Waals surface area (Å²) in [6, 6.07) is 0.793. The molecule has 0 aliphatic heterocycles. The van der Waals surface area contributed by atoms with Crippen LogP contribution in [-0.4, -0.2) is 18.1 Å². The van der Waals surface area contributed by atoms with Crippen LogP contribution in [0, 0.1) is 0 Å². The lowest BCUT2D eigenvalue weighted by molar-refractivity contribution is 0.264. The van der Waals surface area contributed by atoms with Crippen molar-refractivity contribution in [3.05, 3.63) is 0 Å². The molecule has 2 aliphatic carbocycles. The quantitative estimate of drug-likeness (QED) is 0.770. The molecule has 0 spiro atoms. The maximum atomic E-state index is 6.43. The highest BCUT2D eigenvalue weighted by atomic mass is 14.9. The van der Waals surface area contributed by atoms with Crippen molar-refractivity contribution in [2.24, 2.45) is 5.73 Å². The molecule has 0 aromatic carbocycles. The molecule has 0 aromatic heterocycles. The summed E-state index contributed by atoms with van der Waals surface area (Å²) < 4.78 is 0. The molecule has 3 N–H and O–H groups in total. The summed E-state index contributed by atoms with van der Waals surface area (Å²) in [5.41, 5.74) is 6.60. The number of hydrogen-bond donors (Lipinski definition) is 2. The number of nitrogens with two attached hydrogens (primary N) is 1. The monoisotopic (exact) mass is 224 g/mol. The summed E-state index contributed by atoms with van der Waals surface area (Å²) in [7, 11) is 0. The lowest BCUT2D eigenvalue weighted by Crippen LogP contribution is -2.45. The topological polar surface area (TPSA) is 38.0 Å². The fourth-order valence-electron chi connectivity index (χ4n) is 3.34. The van der Waals surface area contributed by atoms with Crippen LogP contribution in [0.25, 0.3) is 0 Å². The van der Waals surface area contributed by atoms with Crippen molar-refractivity contribution in [2.75, 3.05) is 6.54 Å². The van der Waals surface area contributed by atoms with Crippen LogP contribution in [-0.2, 0) is 0 Å². The van der Waals surface area contributed by atoms with Crippen LogP contribution in [0.4, 0.5) is 0 Å². The third kappa shape index (κ3) is 3.74. The predicted octanol–water partition coefficient (Wildman–Crippen LogP) is 2.96. The minimum absolute atomic E-state index is 0.167. The summed E-state index contributed by atoms with van der Waals surface area (Å²) in [6.45, 7) is 1.14. The van der Waals surface area contributed by atoms with Crippen molar-refractivity contribution in [2.45, 2.75) is 82.2 Å². The molecule has 16 heavy (non-hydrogen) atoms. The zero-order valence-corrected chi connectivity index (χ0v) is 10.6. The van der Waals surface area contributed by atoms with Gasteiger partial charge in [0.15, 0.2) is 0 Å². The van der Waals surface area contributed by atoms with E-state index in [1.54, 1.807) is 0 Å². The summed E-state index contributed by atoms with van der Waals surface area (Å²) in [6.07, 6.45) is 14.8. The Morgan fingerprint density at radius 3 is 2.25 bits per heavy atom. The van der Waals surface area contributed by atoms with Gasteiger partial charge in [-0.3, -0.25) is 0 Å². The molecule has 0 radical (unpaired) electrons. The van der Waals surface area contributed by atoms with E-state index in [0.29, 0.717) is 0 Å². The van der Waals surface area contributed by atoms with Gasteiger partial charge in [-0.25, -0.2) is 0 Å². The SMILES string of the molecule is NC1(CCNC2CCCCC2)CCCCC1. The fraction of sp³-hybridized carbons (Fsp3) is 1.00. The van der Waals surface area contributed by atoms with Gasteiger partial charge in [0.2, 0.25) is 0 Å². The van der Waals surface area contributed by atoms with Crippen molar-refractivity contribution in [3.8, 4) is 0 Å². The first-order valence-corrected chi connectivity index (χ1v) is 7.31. The van der Waals surface area contributed by atoms with Crippen molar-refractivity contribution < 1.29 is 0 Å². The third-order valence-corrected chi connectivity index (χ3v) is 4.51. The largest absolute Gasteiger partial charge is 0.325 e. The Bertz CT molecular complexity index is 191. The molecule has 0 heterocycles. The highest BCUT2D eigenvalue weighted by Crippen LogP contribution is 2.28. The molecule has 2 heteroatoms. The maximum Gasteiger partial charge on any atom is 0.0166 e. The van der Waals surface area contributed by atoms with Gasteiger partial charge in [0.25, 0.3) is 0 Å².